The minimum Gasteiger partial charge on any atom is -0.378 e. The summed E-state index contributed by atoms with van der Waals surface area (Å²) in [6.07, 6.45) is 0. The molecule has 0 saturated heterocycles. The SMILES string of the molecule is CCN(CC)CC#C[C@@](C)(O)C(C)C. The maximum Gasteiger partial charge on any atom is 0.125 e. The van der Waals surface area contributed by atoms with E-state index in [2.05, 4.69) is 30.6 Å². The third kappa shape index (κ3) is 4.64. The molecular weight excluding hydrogens is 174 g/mol. The van der Waals surface area contributed by atoms with E-state index in [4.69, 9.17) is 0 Å². The fourth-order valence-electron chi connectivity index (χ4n) is 0.922. The first-order valence-electron chi connectivity index (χ1n) is 5.38. The molecule has 0 radical (unpaired) electrons. The molecule has 14 heavy (non-hydrogen) atoms. The number of nitrogens with zero attached hydrogens (tertiary/aromatic N) is 1. The molecular formula is C12H23NO. The van der Waals surface area contributed by atoms with Crippen molar-refractivity contribution < 1.29 is 5.11 Å². The quantitative estimate of drug-likeness (QED) is 0.694. The molecule has 0 rings (SSSR count). The van der Waals surface area contributed by atoms with Crippen LogP contribution in [0.15, 0.2) is 0 Å². The van der Waals surface area contributed by atoms with Crippen molar-refractivity contribution in [2.24, 2.45) is 5.92 Å². The Kier molecular flexibility index (Phi) is 5.83. The summed E-state index contributed by atoms with van der Waals surface area (Å²) in [4.78, 5) is 2.23. The zero-order valence-corrected chi connectivity index (χ0v) is 10.1. The van der Waals surface area contributed by atoms with Gasteiger partial charge >= 0.3 is 0 Å². The zero-order chi connectivity index (χ0) is 11.2. The van der Waals surface area contributed by atoms with Gasteiger partial charge in [0.15, 0.2) is 0 Å². The highest BCUT2D eigenvalue weighted by molar-refractivity contribution is 5.14. The fourth-order valence-corrected chi connectivity index (χ4v) is 0.922. The largest absolute Gasteiger partial charge is 0.378 e. The Balaban J connectivity index is 4.16. The molecule has 0 unspecified atom stereocenters. The molecule has 0 heterocycles. The summed E-state index contributed by atoms with van der Waals surface area (Å²) >= 11 is 0. The summed E-state index contributed by atoms with van der Waals surface area (Å²) in [7, 11) is 0. The summed E-state index contributed by atoms with van der Waals surface area (Å²) in [6.45, 7) is 12.7. The second kappa shape index (κ2) is 6.06. The van der Waals surface area contributed by atoms with Gasteiger partial charge in [0.1, 0.15) is 5.60 Å². The van der Waals surface area contributed by atoms with Gasteiger partial charge in [0, 0.05) is 0 Å². The number of aliphatic hydroxyl groups is 1. The lowest BCUT2D eigenvalue weighted by molar-refractivity contribution is 0.0725. The highest BCUT2D eigenvalue weighted by Crippen LogP contribution is 2.13. The van der Waals surface area contributed by atoms with Gasteiger partial charge in [-0.2, -0.15) is 0 Å². The van der Waals surface area contributed by atoms with E-state index >= 15 is 0 Å². The average Bonchev–Trinajstić information content (AvgIpc) is 2.12. The molecule has 0 saturated carbocycles. The van der Waals surface area contributed by atoms with Crippen LogP contribution in [-0.4, -0.2) is 35.2 Å². The van der Waals surface area contributed by atoms with Crippen molar-refractivity contribution in [3.63, 3.8) is 0 Å². The summed E-state index contributed by atoms with van der Waals surface area (Å²) < 4.78 is 0. The summed E-state index contributed by atoms with van der Waals surface area (Å²) in [5, 5.41) is 9.86. The molecule has 0 aliphatic carbocycles. The van der Waals surface area contributed by atoms with Crippen LogP contribution in [0.2, 0.25) is 0 Å². The normalized spacial score (nSPS) is 15.1. The van der Waals surface area contributed by atoms with Crippen LogP contribution in [0.25, 0.3) is 0 Å². The minimum absolute atomic E-state index is 0.173. The maximum atomic E-state index is 9.86. The second-order valence-corrected chi connectivity index (χ2v) is 4.07. The van der Waals surface area contributed by atoms with Crippen LogP contribution < -0.4 is 0 Å². The lowest BCUT2D eigenvalue weighted by Crippen LogP contribution is -2.29. The fraction of sp³-hybridized carbons (Fsp3) is 0.833. The Hall–Kier alpha value is -0.520. The molecule has 2 heteroatoms. The number of hydrogen-bond acceptors (Lipinski definition) is 2. The van der Waals surface area contributed by atoms with Crippen molar-refractivity contribution in [1.82, 2.24) is 4.90 Å². The topological polar surface area (TPSA) is 23.5 Å². The van der Waals surface area contributed by atoms with E-state index < -0.39 is 5.60 Å². The van der Waals surface area contributed by atoms with Crippen LogP contribution in [-0.2, 0) is 0 Å². The lowest BCUT2D eigenvalue weighted by Gasteiger charge is -2.21. The monoisotopic (exact) mass is 197 g/mol. The van der Waals surface area contributed by atoms with Crippen LogP contribution in [0.3, 0.4) is 0 Å². The minimum atomic E-state index is -0.854. The molecule has 0 bridgehead atoms. The van der Waals surface area contributed by atoms with Gasteiger partial charge in [-0.15, -0.1) is 0 Å². The van der Waals surface area contributed by atoms with Gasteiger partial charge in [0.25, 0.3) is 0 Å². The van der Waals surface area contributed by atoms with Gasteiger partial charge in [-0.05, 0) is 25.9 Å². The molecule has 0 aliphatic rings. The summed E-state index contributed by atoms with van der Waals surface area (Å²) in [6, 6.07) is 0. The molecule has 1 atom stereocenters. The van der Waals surface area contributed by atoms with Crippen molar-refractivity contribution >= 4 is 0 Å². The van der Waals surface area contributed by atoms with Gasteiger partial charge in [-0.3, -0.25) is 4.90 Å². The molecule has 0 spiro atoms. The third-order valence-electron chi connectivity index (χ3n) is 2.66. The Morgan fingerprint density at radius 2 is 1.79 bits per heavy atom. The molecule has 82 valence electrons. The van der Waals surface area contributed by atoms with E-state index in [9.17, 15) is 5.11 Å². The van der Waals surface area contributed by atoms with Crippen LogP contribution in [0.1, 0.15) is 34.6 Å². The molecule has 0 amide bonds. The lowest BCUT2D eigenvalue weighted by atomic mass is 9.93. The van der Waals surface area contributed by atoms with E-state index in [1.54, 1.807) is 6.92 Å². The van der Waals surface area contributed by atoms with E-state index in [-0.39, 0.29) is 5.92 Å². The first-order valence-corrected chi connectivity index (χ1v) is 5.38. The standard InChI is InChI=1S/C12H23NO/c1-6-13(7-2)10-8-9-12(5,14)11(3)4/h11,14H,6-7,10H2,1-5H3/t12-/m1/s1. The van der Waals surface area contributed by atoms with Crippen molar-refractivity contribution in [2.75, 3.05) is 19.6 Å². The highest BCUT2D eigenvalue weighted by Gasteiger charge is 2.21. The van der Waals surface area contributed by atoms with Gasteiger partial charge in [-0.1, -0.05) is 39.5 Å². The van der Waals surface area contributed by atoms with Gasteiger partial charge in [0.05, 0.1) is 6.54 Å². The third-order valence-corrected chi connectivity index (χ3v) is 2.66. The highest BCUT2D eigenvalue weighted by atomic mass is 16.3. The smallest absolute Gasteiger partial charge is 0.125 e. The molecule has 0 aliphatic heterocycles. The van der Waals surface area contributed by atoms with Gasteiger partial charge in [-0.25, -0.2) is 0 Å². The second-order valence-electron chi connectivity index (χ2n) is 4.07. The van der Waals surface area contributed by atoms with E-state index in [1.165, 1.54) is 0 Å². The predicted molar refractivity (Wildman–Crippen MR) is 61.0 cm³/mol. The van der Waals surface area contributed by atoms with Crippen LogP contribution in [0.4, 0.5) is 0 Å². The Bertz CT molecular complexity index is 206. The van der Waals surface area contributed by atoms with E-state index in [1.807, 2.05) is 13.8 Å². The predicted octanol–water partition coefficient (Wildman–Crippen LogP) is 1.74. The zero-order valence-electron chi connectivity index (χ0n) is 10.1. The number of hydrogen-bond donors (Lipinski definition) is 1. The van der Waals surface area contributed by atoms with Crippen molar-refractivity contribution in [3.8, 4) is 11.8 Å². The Morgan fingerprint density at radius 1 is 1.29 bits per heavy atom. The van der Waals surface area contributed by atoms with Crippen LogP contribution in [0.5, 0.6) is 0 Å². The van der Waals surface area contributed by atoms with Crippen molar-refractivity contribution in [2.45, 2.75) is 40.2 Å². The molecule has 1 N–H and O–H groups in total. The van der Waals surface area contributed by atoms with Gasteiger partial charge < -0.3 is 5.11 Å². The summed E-state index contributed by atoms with van der Waals surface area (Å²) in [5.74, 6) is 6.13. The first kappa shape index (κ1) is 13.5. The van der Waals surface area contributed by atoms with Crippen molar-refractivity contribution in [3.05, 3.63) is 0 Å². The van der Waals surface area contributed by atoms with Crippen LogP contribution >= 0.6 is 0 Å². The average molecular weight is 197 g/mol. The molecule has 2 nitrogen and oxygen atoms in total. The molecule has 0 aromatic heterocycles. The molecule has 0 fully saturated rings. The first-order chi connectivity index (χ1) is 6.44. The van der Waals surface area contributed by atoms with Crippen molar-refractivity contribution in [1.29, 1.82) is 0 Å². The van der Waals surface area contributed by atoms with E-state index in [0.29, 0.717) is 0 Å². The van der Waals surface area contributed by atoms with E-state index in [0.717, 1.165) is 19.6 Å². The Labute approximate surface area is 88.3 Å². The number of rotatable bonds is 4. The van der Waals surface area contributed by atoms with Gasteiger partial charge in [0.2, 0.25) is 0 Å². The molecule has 0 aromatic rings. The Morgan fingerprint density at radius 3 is 2.14 bits per heavy atom. The van der Waals surface area contributed by atoms with Crippen LogP contribution in [0, 0.1) is 17.8 Å². The summed E-state index contributed by atoms with van der Waals surface area (Å²) in [5.41, 5.74) is -0.854. The molecule has 0 aromatic carbocycles. The maximum absolute atomic E-state index is 9.86.